The molecule has 0 bridgehead atoms. The van der Waals surface area contributed by atoms with Crippen molar-refractivity contribution in [3.63, 3.8) is 0 Å². The molecule has 0 saturated heterocycles. The molecule has 0 spiro atoms. The predicted molar refractivity (Wildman–Crippen MR) is 133 cm³/mol. The maximum atomic E-state index is 2.47. The fraction of sp³-hybridized carbons (Fsp3) is 1.00. The molecule has 0 aromatic heterocycles. The number of rotatable bonds is 5. The third-order valence-electron chi connectivity index (χ3n) is 8.13. The minimum absolute atomic E-state index is 0. The maximum Gasteiger partial charge on any atom is 0 e. The average molecular weight is 519 g/mol. The van der Waals surface area contributed by atoms with Gasteiger partial charge in [0.1, 0.15) is 0 Å². The maximum absolute atomic E-state index is 2.47. The molecule has 0 atom stereocenters. The predicted octanol–water partition coefficient (Wildman–Crippen LogP) is 6.49. The molecule has 4 aliphatic carbocycles. The summed E-state index contributed by atoms with van der Waals surface area (Å²) in [5, 5.41) is 0. The van der Waals surface area contributed by atoms with Crippen molar-refractivity contribution in [3.05, 3.63) is 0 Å². The van der Waals surface area contributed by atoms with Crippen molar-refractivity contribution < 1.29 is 28.9 Å². The Labute approximate surface area is 208 Å². The molecular weight excluding hydrogens is 468 g/mol. The van der Waals surface area contributed by atoms with Gasteiger partial charge in [0.25, 0.3) is 0 Å². The zero-order chi connectivity index (χ0) is 19.4. The molecule has 0 radical (unpaired) electrons. The fourth-order valence-electron chi connectivity index (χ4n) is 6.51. The summed E-state index contributed by atoms with van der Waals surface area (Å²) in [7, 11) is 1.74. The summed E-state index contributed by atoms with van der Waals surface area (Å²) in [6, 6.07) is 0. The van der Waals surface area contributed by atoms with Crippen molar-refractivity contribution in [3.8, 4) is 0 Å². The summed E-state index contributed by atoms with van der Waals surface area (Å²) in [4.78, 5) is 0. The van der Waals surface area contributed by atoms with Crippen molar-refractivity contribution in [1.82, 2.24) is 0 Å². The van der Waals surface area contributed by atoms with Gasteiger partial charge in [0.2, 0.25) is 0 Å². The first-order valence-electron chi connectivity index (χ1n) is 13.4. The summed E-state index contributed by atoms with van der Waals surface area (Å²) >= 11 is 0. The van der Waals surface area contributed by atoms with Crippen molar-refractivity contribution in [1.29, 1.82) is 0 Å². The van der Waals surface area contributed by atoms with Gasteiger partial charge in [0, 0.05) is 16.5 Å². The Balaban J connectivity index is 0.000000284. The van der Waals surface area contributed by atoms with E-state index in [1.165, 1.54) is 103 Å². The van der Waals surface area contributed by atoms with E-state index in [-0.39, 0.29) is 28.9 Å². The van der Waals surface area contributed by atoms with Gasteiger partial charge in [-0.25, -0.2) is 0 Å². The molecule has 30 heavy (non-hydrogen) atoms. The second kappa shape index (κ2) is 18.0. The van der Waals surface area contributed by atoms with Crippen LogP contribution in [0.2, 0.25) is 0 Å². The van der Waals surface area contributed by atoms with Crippen molar-refractivity contribution in [2.75, 3.05) is 6.16 Å². The van der Waals surface area contributed by atoms with E-state index in [1.54, 1.807) is 51.4 Å². The van der Waals surface area contributed by atoms with Crippen LogP contribution in [0.3, 0.4) is 0 Å². The fourth-order valence-corrected chi connectivity index (χ4v) is 12.3. The summed E-state index contributed by atoms with van der Waals surface area (Å²) in [5.74, 6) is 0. The first-order chi connectivity index (χ1) is 13.9. The van der Waals surface area contributed by atoms with Crippen molar-refractivity contribution >= 4 is 16.5 Å². The molecule has 0 amide bonds. The van der Waals surface area contributed by atoms with Crippen molar-refractivity contribution in [2.45, 2.75) is 158 Å². The average Bonchev–Trinajstić information content (AvgIpc) is 2.78. The summed E-state index contributed by atoms with van der Waals surface area (Å²) < 4.78 is 0. The largest absolute Gasteiger partial charge is 1.00 e. The van der Waals surface area contributed by atoms with Crippen LogP contribution in [0, 0.1) is 0 Å². The van der Waals surface area contributed by atoms with E-state index in [4.69, 9.17) is 0 Å². The molecule has 0 unspecified atom stereocenters. The first-order valence-corrected chi connectivity index (χ1v) is 16.2. The van der Waals surface area contributed by atoms with E-state index in [0.717, 1.165) is 11.3 Å². The zero-order valence-corrected chi connectivity index (χ0v) is 23.4. The van der Waals surface area contributed by atoms with Gasteiger partial charge in [-0.15, -0.1) is 16.5 Å². The molecule has 4 rings (SSSR count). The van der Waals surface area contributed by atoms with Crippen LogP contribution in [-0.2, 0) is 16.5 Å². The smallest absolute Gasteiger partial charge is 0 e. The summed E-state index contributed by atoms with van der Waals surface area (Å²) in [5.41, 5.74) is 4.64. The van der Waals surface area contributed by atoms with Crippen LogP contribution in [0.1, 0.15) is 135 Å². The standard InChI is InChI=1S/C14H27P.C12H23P.ClH.Ni/c1-2-15(13-9-5-3-6-10-13)14-11-7-4-8-12-14;1-3-7-11(8-4-1)13-12-9-5-2-6-10-12;;/h13-14H,2-12H2,1H3;11-13H,1-10H2;1H;/p-1. The van der Waals surface area contributed by atoms with Crippen LogP contribution in [0.25, 0.3) is 0 Å². The molecular formula is C26H50ClNiP2-. The number of halogens is 1. The molecule has 182 valence electrons. The van der Waals surface area contributed by atoms with Crippen LogP contribution in [0.15, 0.2) is 0 Å². The summed E-state index contributed by atoms with van der Waals surface area (Å²) in [6.45, 7) is 2.47. The molecule has 0 N–H and O–H groups in total. The molecule has 4 heteroatoms. The topological polar surface area (TPSA) is 0 Å². The zero-order valence-electron chi connectivity index (χ0n) is 19.8. The first kappa shape index (κ1) is 29.7. The van der Waals surface area contributed by atoms with Crippen LogP contribution in [-0.4, -0.2) is 28.8 Å². The van der Waals surface area contributed by atoms with Crippen LogP contribution in [0.4, 0.5) is 0 Å². The molecule has 0 nitrogen and oxygen atoms in total. The van der Waals surface area contributed by atoms with Gasteiger partial charge in [-0.3, -0.25) is 0 Å². The second-order valence-electron chi connectivity index (χ2n) is 10.3. The normalized spacial score (nSPS) is 25.0. The van der Waals surface area contributed by atoms with Gasteiger partial charge < -0.3 is 12.4 Å². The monoisotopic (exact) mass is 517 g/mol. The Bertz CT molecular complexity index is 350. The van der Waals surface area contributed by atoms with Gasteiger partial charge in [0.05, 0.1) is 0 Å². The molecule has 4 saturated carbocycles. The SMILES string of the molecule is C1CCC(PC2CCCCC2)CC1.CCP(C1CCCCC1)C1CCCCC1.[Cl-].[Ni]. The van der Waals surface area contributed by atoms with Gasteiger partial charge >= 0.3 is 0 Å². The van der Waals surface area contributed by atoms with Crippen molar-refractivity contribution in [2.24, 2.45) is 0 Å². The molecule has 0 heterocycles. The molecule has 0 aromatic carbocycles. The van der Waals surface area contributed by atoms with Crippen LogP contribution >= 0.6 is 16.5 Å². The Morgan fingerprint density at radius 1 is 0.533 bits per heavy atom. The van der Waals surface area contributed by atoms with Gasteiger partial charge in [0.15, 0.2) is 0 Å². The molecule has 0 aliphatic heterocycles. The Morgan fingerprint density at radius 3 is 1.13 bits per heavy atom. The number of hydrogen-bond donors (Lipinski definition) is 0. The van der Waals surface area contributed by atoms with E-state index >= 15 is 0 Å². The third-order valence-corrected chi connectivity index (χ3v) is 13.9. The van der Waals surface area contributed by atoms with E-state index in [2.05, 4.69) is 6.92 Å². The quantitative estimate of drug-likeness (QED) is 0.288. The Hall–Kier alpha value is 1.64. The minimum atomic E-state index is 0. The van der Waals surface area contributed by atoms with E-state index in [1.807, 2.05) is 0 Å². The Kier molecular flexibility index (Phi) is 17.8. The third kappa shape index (κ3) is 10.7. The van der Waals surface area contributed by atoms with E-state index in [0.29, 0.717) is 7.92 Å². The molecule has 4 aliphatic rings. The molecule has 4 fully saturated rings. The van der Waals surface area contributed by atoms with E-state index < -0.39 is 0 Å². The van der Waals surface area contributed by atoms with Crippen LogP contribution in [0.5, 0.6) is 0 Å². The van der Waals surface area contributed by atoms with Gasteiger partial charge in [-0.1, -0.05) is 84.0 Å². The van der Waals surface area contributed by atoms with Crippen LogP contribution < -0.4 is 12.4 Å². The van der Waals surface area contributed by atoms with Gasteiger partial charge in [-0.2, -0.15) is 0 Å². The van der Waals surface area contributed by atoms with E-state index in [9.17, 15) is 0 Å². The minimum Gasteiger partial charge on any atom is -1.00 e. The number of hydrogen-bond acceptors (Lipinski definition) is 0. The second-order valence-corrected chi connectivity index (χ2v) is 15.3. The summed E-state index contributed by atoms with van der Waals surface area (Å²) in [6.07, 6.45) is 32.5. The Morgan fingerprint density at radius 2 is 0.833 bits per heavy atom. The molecule has 0 aromatic rings. The van der Waals surface area contributed by atoms with Gasteiger partial charge in [-0.05, 0) is 80.2 Å².